The number of hydrogen-bond donors (Lipinski definition) is 5. The fourth-order valence-corrected chi connectivity index (χ4v) is 10.1. The van der Waals surface area contributed by atoms with Crippen molar-refractivity contribution in [2.24, 2.45) is 52.9 Å². The largest absolute Gasteiger partial charge is 0.481 e. The molecule has 0 unspecified atom stereocenters. The van der Waals surface area contributed by atoms with Crippen LogP contribution < -0.4 is 16.8 Å². The third-order valence-corrected chi connectivity index (χ3v) is 15.7. The summed E-state index contributed by atoms with van der Waals surface area (Å²) in [5, 5.41) is 19.8. The number of carboxylic acids is 2. The monoisotopic (exact) mass is 1390 g/mol. The number of halogens is 4. The van der Waals surface area contributed by atoms with Crippen molar-refractivity contribution in [1.29, 1.82) is 0 Å². The van der Waals surface area contributed by atoms with E-state index >= 15 is 0 Å². The zero-order chi connectivity index (χ0) is 65.2. The average Bonchev–Trinajstić information content (AvgIpc) is 3.39. The number of nitrogens with one attached hydrogen (secondary N) is 1. The number of allylic oxidation sites excluding steroid dienone is 2. The van der Waals surface area contributed by atoms with Crippen LogP contribution in [0.15, 0.2) is 99.2 Å². The van der Waals surface area contributed by atoms with Gasteiger partial charge in [0.1, 0.15) is 23.2 Å². The van der Waals surface area contributed by atoms with Gasteiger partial charge in [0.25, 0.3) is 0 Å². The molecule has 4 aliphatic carbocycles. The van der Waals surface area contributed by atoms with Crippen molar-refractivity contribution in [2.75, 3.05) is 14.3 Å². The van der Waals surface area contributed by atoms with Gasteiger partial charge in [0.15, 0.2) is 5.78 Å². The van der Waals surface area contributed by atoms with E-state index in [0.717, 1.165) is 36.8 Å². The topological polar surface area (TPSA) is 207 Å². The van der Waals surface area contributed by atoms with Crippen LogP contribution in [0.4, 0.5) is 17.6 Å². The summed E-state index contributed by atoms with van der Waals surface area (Å²) in [6, 6.07) is 12.3. The first kappa shape index (κ1) is 97.6. The number of carboxylic acid groups (broad SMARTS) is 2. The number of aliphatic carboxylic acids is 2. The van der Waals surface area contributed by atoms with Gasteiger partial charge in [-0.25, -0.2) is 8.78 Å². The molecule has 6 atom stereocenters. The van der Waals surface area contributed by atoms with Crippen molar-refractivity contribution < 1.29 is 59.3 Å². The number of rotatable bonds is 27. The molecule has 21 heteroatoms. The van der Waals surface area contributed by atoms with Gasteiger partial charge in [-0.15, -0.1) is 26.3 Å². The maximum atomic E-state index is 12.9. The molecule has 0 aliphatic heterocycles. The van der Waals surface area contributed by atoms with Gasteiger partial charge in [-0.3, -0.25) is 37.5 Å². The highest BCUT2D eigenvalue weighted by atomic mass is 32.1. The molecule has 90 heavy (non-hydrogen) atoms. The van der Waals surface area contributed by atoms with Crippen molar-refractivity contribution in [3.63, 3.8) is 0 Å². The van der Waals surface area contributed by atoms with Crippen molar-refractivity contribution in [3.8, 4) is 0 Å². The Morgan fingerprint density at radius 2 is 0.822 bits per heavy atom. The summed E-state index contributed by atoms with van der Waals surface area (Å²) in [5.41, 5.74) is 13.2. The van der Waals surface area contributed by atoms with Gasteiger partial charge >= 0.3 is 11.9 Å². The molecule has 0 heterocycles. The summed E-state index contributed by atoms with van der Waals surface area (Å²) in [5.74, 6) is -0.249. The molecule has 1 amide bonds. The number of ketones is 3. The number of aryl methyl sites for hydroxylation is 2. The van der Waals surface area contributed by atoms with Crippen LogP contribution in [0.2, 0.25) is 0 Å². The SMILES string of the molecule is C=CC[C@H](C)C(=O)CC1CCCC1.C=CC[C@H](C)C(=O)O.C=CC[C@H](N)C(=O)CC1CCCC1.C=CC[C@H](NC(=O)[C@@H](C)CCc1ccc(F)cc1)C(=O)CC1CCCC1.C[C@@H](CCc1ccc(F)cc1)C(=O)O.NC1CCCC1.S.S.S.S.S.S.[2H]CF.[2H]CF. The lowest BCUT2D eigenvalue weighted by molar-refractivity contribution is -0.142. The molecule has 0 bridgehead atoms. The fraction of sp³-hybridized carbons (Fsp3) is 0.623. The Kier molecular flexibility index (Phi) is 71.2. The second kappa shape index (κ2) is 65.6. The van der Waals surface area contributed by atoms with Crippen molar-refractivity contribution in [3.05, 3.63) is 122 Å². The van der Waals surface area contributed by atoms with E-state index in [9.17, 15) is 46.3 Å². The summed E-state index contributed by atoms with van der Waals surface area (Å²) in [6.45, 7) is 21.6. The minimum absolute atomic E-state index is 0. The van der Waals surface area contributed by atoms with E-state index in [4.69, 9.17) is 24.4 Å². The molecule has 4 aliphatic rings. The Hall–Kier alpha value is -3.44. The van der Waals surface area contributed by atoms with Gasteiger partial charge in [-0.1, -0.05) is 166 Å². The molecule has 7 N–H and O–H groups in total. The maximum Gasteiger partial charge on any atom is 0.306 e. The standard InChI is InChI=1S/C22H30FNO2.C12H20O.C11H13FO2.C11H19NO.C6H10O2.C5H11N.2CH3F.6H2S/c1-3-6-20(21(25)15-18-7-4-5-8-18)24-22(26)16(2)9-10-17-11-13-19(23)14-12-17;1-3-6-10(2)12(13)9-11-7-4-5-8-11;1-8(11(13)14)2-3-9-4-6-10(12)7-5-9;1-2-5-10(12)11(13)8-9-6-3-4-7-9;1-3-4-5(2)6(7)8;6-5-3-1-2-4-5;2*1-2;;;;;;/h3,11-14,16,18,20H,1,4-10,15H2,2H3,(H,24,26);3,10-11H,1,4-9H2,2H3;4-8H,2-3H2,1H3,(H,13,14);2,9-10H,1,3-8,12H2;3,5H,1,4H2,2H3,(H,7,8);5H,1-4,6H2;2*1H3;6*1H2/t16-,20-;10-;8-;10-;5-;;;;;;;;;/m00000........./s1/i;;;;;;2*1D;;;;;;. The van der Waals surface area contributed by atoms with Crippen LogP contribution in [0.25, 0.3) is 0 Å². The van der Waals surface area contributed by atoms with E-state index in [1.165, 1.54) is 114 Å². The Bertz CT molecular complexity index is 2150. The maximum absolute atomic E-state index is 12.9. The first-order valence-electron chi connectivity index (χ1n) is 31.9. The Morgan fingerprint density at radius 1 is 0.511 bits per heavy atom. The molecule has 524 valence electrons. The van der Waals surface area contributed by atoms with Gasteiger partial charge in [-0.05, 0) is 117 Å². The van der Waals surface area contributed by atoms with E-state index < -0.39 is 32.3 Å². The van der Waals surface area contributed by atoms with Crippen LogP contribution >= 0.6 is 81.0 Å². The number of carbonyl (C=O) groups excluding carboxylic acids is 4. The third kappa shape index (κ3) is 52.0. The minimum Gasteiger partial charge on any atom is -0.481 e. The predicted molar refractivity (Wildman–Crippen MR) is 398 cm³/mol. The number of alkyl halides is 2. The smallest absolute Gasteiger partial charge is 0.306 e. The lowest BCUT2D eigenvalue weighted by atomic mass is 9.93. The summed E-state index contributed by atoms with van der Waals surface area (Å²) in [6.07, 6.45) is 34.1. The molecule has 0 aromatic heterocycles. The minimum atomic E-state index is -1.00. The van der Waals surface area contributed by atoms with E-state index in [1.54, 1.807) is 56.3 Å². The molecule has 0 saturated heterocycles. The van der Waals surface area contributed by atoms with E-state index in [2.05, 4.69) is 31.6 Å². The number of benzene rings is 2. The zero-order valence-electron chi connectivity index (χ0n) is 56.5. The van der Waals surface area contributed by atoms with Gasteiger partial charge in [0, 0.05) is 37.1 Å². The molecule has 2 aromatic rings. The lowest BCUT2D eigenvalue weighted by Crippen LogP contribution is -2.43. The summed E-state index contributed by atoms with van der Waals surface area (Å²) in [4.78, 5) is 68.8. The van der Waals surface area contributed by atoms with Crippen molar-refractivity contribution in [1.82, 2.24) is 5.32 Å². The van der Waals surface area contributed by atoms with E-state index in [0.29, 0.717) is 87.4 Å². The number of carbonyl (C=O) groups is 6. The Balaban J connectivity index is -0.000000156. The van der Waals surface area contributed by atoms with Gasteiger partial charge in [0.05, 0.1) is 41.0 Å². The molecule has 4 saturated carbocycles. The highest BCUT2D eigenvalue weighted by Gasteiger charge is 2.27. The van der Waals surface area contributed by atoms with Crippen molar-refractivity contribution >= 4 is 116 Å². The number of amides is 1. The molecule has 0 radical (unpaired) electrons. The summed E-state index contributed by atoms with van der Waals surface area (Å²) in [7, 11) is -2.00. The molecule has 11 nitrogen and oxygen atoms in total. The second-order valence-corrected chi connectivity index (χ2v) is 22.9. The Morgan fingerprint density at radius 3 is 1.13 bits per heavy atom. The molecule has 4 fully saturated rings. The Labute approximate surface area is 585 Å². The quantitative estimate of drug-likeness (QED) is 0.0422. The third-order valence-electron chi connectivity index (χ3n) is 15.7. The zero-order valence-corrected chi connectivity index (χ0v) is 60.5. The van der Waals surface area contributed by atoms with Gasteiger partial charge in [0.2, 0.25) is 5.91 Å². The first-order valence-corrected chi connectivity index (χ1v) is 30.4. The highest BCUT2D eigenvalue weighted by Crippen LogP contribution is 2.30. The van der Waals surface area contributed by atoms with Crippen LogP contribution in [0, 0.1) is 53.1 Å². The van der Waals surface area contributed by atoms with E-state index in [-0.39, 0.29) is 140 Å². The molecule has 6 rings (SSSR count). The summed E-state index contributed by atoms with van der Waals surface area (Å²) >= 11 is 0. The number of Topliss-reactive ketones (excluding diaryl/α,β-unsaturated/α-hetero) is 3. The number of hydrogen-bond acceptors (Lipinski definition) is 8. The molecule has 0 spiro atoms. The van der Waals surface area contributed by atoms with Gasteiger partial charge < -0.3 is 27.0 Å². The predicted octanol–water partition coefficient (Wildman–Crippen LogP) is 16.5. The normalized spacial score (nSPS) is 15.8. The average molecular weight is 1390 g/mol. The summed E-state index contributed by atoms with van der Waals surface area (Å²) < 4.78 is 56.5. The van der Waals surface area contributed by atoms with Crippen LogP contribution in [-0.4, -0.2) is 77.8 Å². The first-order chi connectivity index (χ1) is 41.0. The van der Waals surface area contributed by atoms with Crippen LogP contribution in [0.3, 0.4) is 0 Å². The van der Waals surface area contributed by atoms with Crippen LogP contribution in [0.1, 0.15) is 202 Å². The van der Waals surface area contributed by atoms with Gasteiger partial charge in [-0.2, -0.15) is 81.0 Å². The van der Waals surface area contributed by atoms with Crippen molar-refractivity contribution in [2.45, 2.75) is 219 Å². The molecule has 2 aromatic carbocycles. The highest BCUT2D eigenvalue weighted by molar-refractivity contribution is 7.60. The lowest BCUT2D eigenvalue weighted by Gasteiger charge is -2.20. The molecular formula is C69H121F4N3O8S6. The van der Waals surface area contributed by atoms with E-state index in [1.807, 2.05) is 19.9 Å². The fourth-order valence-electron chi connectivity index (χ4n) is 10.1. The molecular weight excluding hydrogens is 1270 g/mol. The van der Waals surface area contributed by atoms with Crippen LogP contribution in [0.5, 0.6) is 0 Å². The van der Waals surface area contributed by atoms with Crippen LogP contribution in [-0.2, 0) is 41.6 Å². The number of nitrogens with two attached hydrogens (primary N) is 2. The second-order valence-electron chi connectivity index (χ2n) is 22.9.